The van der Waals surface area contributed by atoms with Gasteiger partial charge in [0.2, 0.25) is 0 Å². The first-order valence-corrected chi connectivity index (χ1v) is 4.48. The summed E-state index contributed by atoms with van der Waals surface area (Å²) < 4.78 is 0. The van der Waals surface area contributed by atoms with E-state index in [1.807, 2.05) is 0 Å². The Morgan fingerprint density at radius 3 is 2.80 bits per heavy atom. The molecule has 3 N–H and O–H groups in total. The van der Waals surface area contributed by atoms with Crippen molar-refractivity contribution in [1.29, 1.82) is 0 Å². The van der Waals surface area contributed by atoms with E-state index in [-0.39, 0.29) is 6.47 Å². The summed E-state index contributed by atoms with van der Waals surface area (Å²) in [6, 6.07) is 0. The van der Waals surface area contributed by atoms with E-state index < -0.39 is 5.97 Å². The van der Waals surface area contributed by atoms with E-state index in [0.29, 0.717) is 10.8 Å². The Hall–Kier alpha value is -1.96. The minimum absolute atomic E-state index is 0.250. The fourth-order valence-electron chi connectivity index (χ4n) is 0.515. The van der Waals surface area contributed by atoms with Crippen LogP contribution in [0.4, 0.5) is 5.13 Å². The van der Waals surface area contributed by atoms with Gasteiger partial charge in [0.25, 0.3) is 6.47 Å². The summed E-state index contributed by atoms with van der Waals surface area (Å²) in [5, 5.41) is 12.4. The molecule has 0 atom stereocenters. The standard InChI is InChI=1S/C6H7N3O2S.CH2O2/c1-4(10)11-8-2-5-3-12-6(7)9-5;2-1-3/h2-3H,1H3,(H2,7,9);1H,(H,2,3)/b8-2+;. The molecule has 0 fully saturated rings. The summed E-state index contributed by atoms with van der Waals surface area (Å²) in [5.41, 5.74) is 5.93. The number of carbonyl (C=O) groups is 2. The third-order valence-electron chi connectivity index (χ3n) is 0.906. The fraction of sp³-hybridized carbons (Fsp3) is 0.143. The molecule has 0 aliphatic heterocycles. The highest BCUT2D eigenvalue weighted by atomic mass is 32.1. The molecule has 0 aromatic carbocycles. The van der Waals surface area contributed by atoms with E-state index in [9.17, 15) is 4.79 Å². The van der Waals surface area contributed by atoms with Crippen LogP contribution in [0.1, 0.15) is 12.6 Å². The first-order valence-electron chi connectivity index (χ1n) is 3.60. The Kier molecular flexibility index (Phi) is 6.47. The third-order valence-corrected chi connectivity index (χ3v) is 1.60. The minimum Gasteiger partial charge on any atom is -0.483 e. The summed E-state index contributed by atoms with van der Waals surface area (Å²) in [4.78, 5) is 26.8. The third kappa shape index (κ3) is 7.14. The molecule has 0 aliphatic carbocycles. The predicted molar refractivity (Wildman–Crippen MR) is 54.6 cm³/mol. The van der Waals surface area contributed by atoms with Crippen LogP contribution in [0, 0.1) is 0 Å². The summed E-state index contributed by atoms with van der Waals surface area (Å²) in [5.74, 6) is -0.463. The van der Waals surface area contributed by atoms with Crippen molar-refractivity contribution in [1.82, 2.24) is 4.98 Å². The van der Waals surface area contributed by atoms with Crippen LogP contribution >= 0.6 is 11.3 Å². The second-order valence-corrected chi connectivity index (χ2v) is 2.92. The van der Waals surface area contributed by atoms with Crippen LogP contribution in [0.25, 0.3) is 0 Å². The zero-order valence-corrected chi connectivity index (χ0v) is 8.60. The number of nitrogens with two attached hydrogens (primary N) is 1. The molecule has 0 amide bonds. The van der Waals surface area contributed by atoms with Crippen molar-refractivity contribution in [2.24, 2.45) is 5.16 Å². The molecule has 0 saturated carbocycles. The van der Waals surface area contributed by atoms with Gasteiger partial charge < -0.3 is 15.7 Å². The monoisotopic (exact) mass is 231 g/mol. The van der Waals surface area contributed by atoms with E-state index >= 15 is 0 Å². The maximum absolute atomic E-state index is 10.3. The second kappa shape index (κ2) is 7.44. The van der Waals surface area contributed by atoms with Crippen LogP contribution in [0.2, 0.25) is 0 Å². The number of nitrogen functional groups attached to an aromatic ring is 1. The maximum atomic E-state index is 10.3. The number of carbonyl (C=O) groups excluding carboxylic acids is 1. The Morgan fingerprint density at radius 2 is 2.40 bits per heavy atom. The van der Waals surface area contributed by atoms with Gasteiger partial charge in [-0.3, -0.25) is 4.79 Å². The highest BCUT2D eigenvalue weighted by Gasteiger charge is 1.94. The van der Waals surface area contributed by atoms with Gasteiger partial charge in [0.05, 0.1) is 11.9 Å². The van der Waals surface area contributed by atoms with Crippen molar-refractivity contribution in [3.8, 4) is 0 Å². The molecule has 8 heteroatoms. The van der Waals surface area contributed by atoms with Crippen LogP contribution in [-0.4, -0.2) is 28.7 Å². The smallest absolute Gasteiger partial charge is 0.331 e. The number of hydrogen-bond donors (Lipinski definition) is 2. The van der Waals surface area contributed by atoms with E-state index in [1.54, 1.807) is 5.38 Å². The van der Waals surface area contributed by atoms with Gasteiger partial charge in [-0.05, 0) is 0 Å². The molecule has 1 aromatic rings. The molecule has 7 nitrogen and oxygen atoms in total. The Labute approximate surface area is 89.2 Å². The SMILES string of the molecule is CC(=O)O/N=C/c1csc(N)n1.O=CO. The highest BCUT2D eigenvalue weighted by molar-refractivity contribution is 7.13. The average molecular weight is 231 g/mol. The summed E-state index contributed by atoms with van der Waals surface area (Å²) in [6.07, 6.45) is 1.33. The highest BCUT2D eigenvalue weighted by Crippen LogP contribution is 2.08. The van der Waals surface area contributed by atoms with Gasteiger partial charge in [-0.25, -0.2) is 9.78 Å². The lowest BCUT2D eigenvalue weighted by Gasteiger charge is -1.85. The summed E-state index contributed by atoms with van der Waals surface area (Å²) in [7, 11) is 0. The van der Waals surface area contributed by atoms with Gasteiger partial charge in [0.15, 0.2) is 5.13 Å². The van der Waals surface area contributed by atoms with Crippen molar-refractivity contribution in [2.45, 2.75) is 6.92 Å². The molecule has 1 heterocycles. The van der Waals surface area contributed by atoms with Crippen LogP contribution in [0.5, 0.6) is 0 Å². The van der Waals surface area contributed by atoms with Crippen LogP contribution in [0.15, 0.2) is 10.5 Å². The molecule has 0 bridgehead atoms. The number of aromatic nitrogens is 1. The topological polar surface area (TPSA) is 115 Å². The molecule has 0 radical (unpaired) electrons. The molecule has 0 aliphatic rings. The van der Waals surface area contributed by atoms with Gasteiger partial charge >= 0.3 is 5.97 Å². The van der Waals surface area contributed by atoms with E-state index in [1.165, 1.54) is 24.5 Å². The van der Waals surface area contributed by atoms with Crippen molar-refractivity contribution in [3.63, 3.8) is 0 Å². The van der Waals surface area contributed by atoms with Gasteiger partial charge in [0, 0.05) is 12.3 Å². The van der Waals surface area contributed by atoms with E-state index in [0.717, 1.165) is 0 Å². The van der Waals surface area contributed by atoms with Crippen molar-refractivity contribution in [3.05, 3.63) is 11.1 Å². The number of nitrogens with zero attached hydrogens (tertiary/aromatic N) is 2. The fourth-order valence-corrected chi connectivity index (χ4v) is 1.03. The van der Waals surface area contributed by atoms with Crippen LogP contribution in [0.3, 0.4) is 0 Å². The number of thiazole rings is 1. The molecule has 0 unspecified atom stereocenters. The summed E-state index contributed by atoms with van der Waals surface area (Å²) >= 11 is 1.30. The quantitative estimate of drug-likeness (QED) is 0.328. The molecule has 15 heavy (non-hydrogen) atoms. The largest absolute Gasteiger partial charge is 0.483 e. The number of hydrogen-bond acceptors (Lipinski definition) is 7. The Balaban J connectivity index is 0.000000583. The van der Waals surface area contributed by atoms with Gasteiger partial charge in [-0.15, -0.1) is 11.3 Å². The number of oxime groups is 1. The summed E-state index contributed by atoms with van der Waals surface area (Å²) in [6.45, 7) is 1.02. The molecule has 1 aromatic heterocycles. The lowest BCUT2D eigenvalue weighted by molar-refractivity contribution is -0.140. The normalized spacial score (nSPS) is 9.13. The molecule has 82 valence electrons. The lowest BCUT2D eigenvalue weighted by atomic mass is 10.6. The first kappa shape index (κ1) is 13.0. The zero-order valence-electron chi connectivity index (χ0n) is 7.78. The van der Waals surface area contributed by atoms with Gasteiger partial charge in [-0.2, -0.15) is 0 Å². The van der Waals surface area contributed by atoms with Crippen molar-refractivity contribution in [2.75, 3.05) is 5.73 Å². The van der Waals surface area contributed by atoms with Crippen LogP contribution < -0.4 is 5.73 Å². The average Bonchev–Trinajstić information content (AvgIpc) is 2.52. The molecule has 1 rings (SSSR count). The molecular formula is C7H9N3O4S. The Morgan fingerprint density at radius 1 is 1.80 bits per heavy atom. The zero-order chi connectivity index (χ0) is 11.7. The van der Waals surface area contributed by atoms with Gasteiger partial charge in [-0.1, -0.05) is 5.16 Å². The number of rotatable bonds is 2. The Bertz CT molecular complexity index is 350. The maximum Gasteiger partial charge on any atom is 0.331 e. The van der Waals surface area contributed by atoms with Crippen molar-refractivity contribution < 1.29 is 19.5 Å². The second-order valence-electron chi connectivity index (χ2n) is 2.03. The molecular weight excluding hydrogens is 222 g/mol. The number of anilines is 1. The van der Waals surface area contributed by atoms with E-state index in [2.05, 4.69) is 15.0 Å². The van der Waals surface area contributed by atoms with Crippen LogP contribution in [-0.2, 0) is 14.4 Å². The van der Waals surface area contributed by atoms with E-state index in [4.69, 9.17) is 15.6 Å². The van der Waals surface area contributed by atoms with Gasteiger partial charge in [0.1, 0.15) is 0 Å². The molecule has 0 saturated heterocycles. The predicted octanol–water partition coefficient (Wildman–Crippen LogP) is 0.323. The first-order chi connectivity index (χ1) is 7.10. The molecule has 0 spiro atoms. The van der Waals surface area contributed by atoms with Crippen molar-refractivity contribution >= 4 is 35.1 Å². The minimum atomic E-state index is -0.463. The lowest BCUT2D eigenvalue weighted by Crippen LogP contribution is -1.92. The number of carboxylic acid groups (broad SMARTS) is 1.